The average molecular weight is 509 g/mol. The van der Waals surface area contributed by atoms with Crippen molar-refractivity contribution in [2.75, 3.05) is 14.1 Å². The molecule has 0 aromatic heterocycles. The molecule has 0 N–H and O–H groups in total. The Bertz CT molecular complexity index is 860. The van der Waals surface area contributed by atoms with Gasteiger partial charge < -0.3 is 14.4 Å². The molecule has 7 atom stereocenters. The van der Waals surface area contributed by atoms with Gasteiger partial charge in [0.1, 0.15) is 6.10 Å². The maximum atomic E-state index is 12.0. The van der Waals surface area contributed by atoms with Crippen LogP contribution in [0.25, 0.3) is 0 Å². The van der Waals surface area contributed by atoms with Crippen LogP contribution in [0.2, 0.25) is 0 Å². The SMILES string of the molecule is CC(=O)O[C@@H]1C2=CC3=CC[C@]4(C)C(I)=CC[C@H]4[C@@]34CCC2(C[C@H](N(C)C)[C@H]1C)O4. The van der Waals surface area contributed by atoms with Crippen molar-refractivity contribution in [1.29, 1.82) is 0 Å². The smallest absolute Gasteiger partial charge is 0.303 e. The topological polar surface area (TPSA) is 38.8 Å². The molecule has 5 heteroatoms. The first-order chi connectivity index (χ1) is 13.6. The molecule has 0 radical (unpaired) electrons. The number of allylic oxidation sites excluding steroid dienone is 3. The maximum absolute atomic E-state index is 12.0. The molecule has 5 aliphatic rings. The van der Waals surface area contributed by atoms with E-state index in [1.165, 1.54) is 21.6 Å². The molecule has 29 heavy (non-hydrogen) atoms. The van der Waals surface area contributed by atoms with E-state index in [0.29, 0.717) is 12.0 Å². The van der Waals surface area contributed by atoms with Crippen LogP contribution in [-0.2, 0) is 14.3 Å². The Kier molecular flexibility index (Phi) is 4.49. The Labute approximate surface area is 187 Å². The zero-order valence-electron chi connectivity index (χ0n) is 18.1. The minimum atomic E-state index is -0.300. The van der Waals surface area contributed by atoms with Crippen molar-refractivity contribution in [3.8, 4) is 0 Å². The summed E-state index contributed by atoms with van der Waals surface area (Å²) in [4.78, 5) is 14.3. The van der Waals surface area contributed by atoms with Gasteiger partial charge in [-0.05, 0) is 77.9 Å². The van der Waals surface area contributed by atoms with Gasteiger partial charge in [-0.15, -0.1) is 0 Å². The number of carbonyl (C=O) groups is 1. The van der Waals surface area contributed by atoms with E-state index in [9.17, 15) is 4.79 Å². The standard InChI is InChI=1S/C24H32INO3/c1-14-18(26(4)5)13-23-10-11-24(29-23)16(12-17(23)21(14)28-15(2)27)8-9-22(3)19(24)6-7-20(22)25/h7-8,12,14,18-19,21H,6,9-11,13H2,1-5H3/t14-,18+,19-,21+,22+,23?,24-/m1/s1. The summed E-state index contributed by atoms with van der Waals surface area (Å²) in [6.07, 6.45) is 12.3. The van der Waals surface area contributed by atoms with E-state index in [-0.39, 0.29) is 34.6 Å². The molecule has 5 rings (SSSR count). The largest absolute Gasteiger partial charge is 0.458 e. The molecule has 3 aliphatic carbocycles. The highest BCUT2D eigenvalue weighted by molar-refractivity contribution is 14.1. The molecule has 1 unspecified atom stereocenters. The molecule has 0 aromatic rings. The van der Waals surface area contributed by atoms with E-state index < -0.39 is 0 Å². The summed E-state index contributed by atoms with van der Waals surface area (Å²) in [6, 6.07) is 0.328. The van der Waals surface area contributed by atoms with Gasteiger partial charge in [-0.1, -0.05) is 32.1 Å². The van der Waals surface area contributed by atoms with Gasteiger partial charge >= 0.3 is 5.97 Å². The van der Waals surface area contributed by atoms with Crippen LogP contribution in [0.4, 0.5) is 0 Å². The van der Waals surface area contributed by atoms with Crippen molar-refractivity contribution >= 4 is 28.6 Å². The normalized spacial score (nSPS) is 47.6. The van der Waals surface area contributed by atoms with Crippen molar-refractivity contribution in [3.05, 3.63) is 33.0 Å². The van der Waals surface area contributed by atoms with Gasteiger partial charge in [-0.25, -0.2) is 0 Å². The average Bonchev–Trinajstić information content (AvgIpc) is 3.13. The lowest BCUT2D eigenvalue weighted by Gasteiger charge is -2.56. The molecular weight excluding hydrogens is 477 g/mol. The molecule has 1 saturated heterocycles. The molecule has 1 saturated carbocycles. The predicted octanol–water partition coefficient (Wildman–Crippen LogP) is 4.79. The minimum absolute atomic E-state index is 0.182. The minimum Gasteiger partial charge on any atom is -0.458 e. The van der Waals surface area contributed by atoms with E-state index in [1.54, 1.807) is 0 Å². The van der Waals surface area contributed by atoms with Crippen molar-refractivity contribution < 1.29 is 14.3 Å². The predicted molar refractivity (Wildman–Crippen MR) is 122 cm³/mol. The number of hydrogen-bond acceptors (Lipinski definition) is 4. The summed E-state index contributed by atoms with van der Waals surface area (Å²) in [7, 11) is 4.27. The zero-order valence-corrected chi connectivity index (χ0v) is 20.3. The summed E-state index contributed by atoms with van der Waals surface area (Å²) in [6.45, 7) is 6.17. The van der Waals surface area contributed by atoms with Crippen molar-refractivity contribution in [1.82, 2.24) is 4.90 Å². The van der Waals surface area contributed by atoms with E-state index in [1.807, 2.05) is 0 Å². The molecule has 2 aliphatic heterocycles. The van der Waals surface area contributed by atoms with Crippen LogP contribution < -0.4 is 0 Å². The molecular formula is C24H32INO3. The number of ether oxygens (including phenoxy) is 2. The highest BCUT2D eigenvalue weighted by Crippen LogP contribution is 2.67. The number of carbonyl (C=O) groups excluding carboxylic acids is 1. The third-order valence-corrected chi connectivity index (χ3v) is 10.3. The Hall–Kier alpha value is -0.660. The lowest BCUT2D eigenvalue weighted by atomic mass is 9.60. The van der Waals surface area contributed by atoms with Crippen molar-refractivity contribution in [2.24, 2.45) is 17.3 Å². The third-order valence-electron chi connectivity index (χ3n) is 8.65. The third kappa shape index (κ3) is 2.59. The fourth-order valence-electron chi connectivity index (χ4n) is 7.11. The highest BCUT2D eigenvalue weighted by Gasteiger charge is 2.67. The van der Waals surface area contributed by atoms with Gasteiger partial charge in [0.05, 0.1) is 11.2 Å². The number of halogens is 1. The van der Waals surface area contributed by atoms with Crippen LogP contribution in [0.3, 0.4) is 0 Å². The monoisotopic (exact) mass is 509 g/mol. The Morgan fingerprint density at radius 3 is 2.76 bits per heavy atom. The van der Waals surface area contributed by atoms with Crippen LogP contribution >= 0.6 is 22.6 Å². The fourth-order valence-corrected chi connectivity index (χ4v) is 7.96. The number of esters is 1. The Morgan fingerprint density at radius 2 is 2.07 bits per heavy atom. The first-order valence-electron chi connectivity index (χ1n) is 11.0. The molecule has 2 fully saturated rings. The first-order valence-corrected chi connectivity index (χ1v) is 12.0. The second kappa shape index (κ2) is 6.42. The van der Waals surface area contributed by atoms with Crippen molar-refractivity contribution in [3.63, 3.8) is 0 Å². The molecule has 2 bridgehead atoms. The van der Waals surface area contributed by atoms with Crippen LogP contribution in [-0.4, -0.2) is 48.3 Å². The maximum Gasteiger partial charge on any atom is 0.303 e. The van der Waals surface area contributed by atoms with Gasteiger partial charge in [0.15, 0.2) is 0 Å². The first kappa shape index (κ1) is 20.3. The van der Waals surface area contributed by atoms with Crippen molar-refractivity contribution in [2.45, 2.75) is 76.2 Å². The number of nitrogens with zero attached hydrogens (tertiary/aromatic N) is 1. The second-order valence-electron chi connectivity index (χ2n) is 10.3. The summed E-state index contributed by atoms with van der Waals surface area (Å²) < 4.78 is 14.7. The van der Waals surface area contributed by atoms with E-state index in [2.05, 4.69) is 73.7 Å². The Morgan fingerprint density at radius 1 is 1.31 bits per heavy atom. The fraction of sp³-hybridized carbons (Fsp3) is 0.708. The van der Waals surface area contributed by atoms with Crippen LogP contribution in [0.1, 0.15) is 52.9 Å². The quantitative estimate of drug-likeness (QED) is 0.397. The van der Waals surface area contributed by atoms with E-state index in [0.717, 1.165) is 32.1 Å². The number of rotatable bonds is 2. The molecule has 0 amide bonds. The molecule has 2 spiro atoms. The summed E-state index contributed by atoms with van der Waals surface area (Å²) in [5, 5.41) is 0. The van der Waals surface area contributed by atoms with Crippen LogP contribution in [0, 0.1) is 17.3 Å². The van der Waals surface area contributed by atoms with Gasteiger partial charge in [0.2, 0.25) is 0 Å². The van der Waals surface area contributed by atoms with Gasteiger partial charge in [-0.3, -0.25) is 4.79 Å². The summed E-state index contributed by atoms with van der Waals surface area (Å²) in [5.41, 5.74) is 2.26. The molecule has 2 heterocycles. The number of hydrogen-bond donors (Lipinski definition) is 0. The Balaban J connectivity index is 1.63. The van der Waals surface area contributed by atoms with E-state index in [4.69, 9.17) is 9.47 Å². The van der Waals surface area contributed by atoms with Gasteiger partial charge in [0, 0.05) is 35.8 Å². The zero-order chi connectivity index (χ0) is 20.8. The summed E-state index contributed by atoms with van der Waals surface area (Å²) in [5.74, 6) is 0.543. The van der Waals surface area contributed by atoms with Crippen LogP contribution in [0.5, 0.6) is 0 Å². The van der Waals surface area contributed by atoms with Gasteiger partial charge in [0.25, 0.3) is 0 Å². The lowest BCUT2D eigenvalue weighted by Crippen LogP contribution is -2.60. The van der Waals surface area contributed by atoms with Gasteiger partial charge in [-0.2, -0.15) is 0 Å². The lowest BCUT2D eigenvalue weighted by molar-refractivity contribution is -0.168. The van der Waals surface area contributed by atoms with Crippen LogP contribution in [0.15, 0.2) is 33.0 Å². The highest BCUT2D eigenvalue weighted by atomic mass is 127. The number of fused-ring (bicyclic) bond motifs is 1. The molecule has 4 nitrogen and oxygen atoms in total. The summed E-state index contributed by atoms with van der Waals surface area (Å²) >= 11 is 2.55. The second-order valence-corrected chi connectivity index (χ2v) is 11.5. The van der Waals surface area contributed by atoms with E-state index >= 15 is 0 Å². The molecule has 0 aromatic carbocycles. The molecule has 158 valence electrons.